The van der Waals surface area contributed by atoms with Crippen LogP contribution in [-0.4, -0.2) is 47.3 Å². The van der Waals surface area contributed by atoms with Gasteiger partial charge < -0.3 is 5.11 Å². The van der Waals surface area contributed by atoms with Crippen LogP contribution in [0.2, 0.25) is 0 Å². The predicted molar refractivity (Wildman–Crippen MR) is 75.3 cm³/mol. The highest BCUT2D eigenvalue weighted by Gasteiger charge is 2.26. The number of aromatic nitrogens is 1. The molecule has 19 heavy (non-hydrogen) atoms. The molecule has 0 aliphatic carbocycles. The number of likely N-dealkylation sites (N-methyl/N-ethyl adjacent to an activating group) is 1. The summed E-state index contributed by atoms with van der Waals surface area (Å²) in [5.74, 6) is 0.0426. The molecule has 0 saturated carbocycles. The summed E-state index contributed by atoms with van der Waals surface area (Å²) < 4.78 is 25.8. The summed E-state index contributed by atoms with van der Waals surface area (Å²) >= 11 is 0. The third-order valence-corrected chi connectivity index (χ3v) is 4.60. The highest BCUT2D eigenvalue weighted by molar-refractivity contribution is 7.89. The van der Waals surface area contributed by atoms with Crippen molar-refractivity contribution in [2.45, 2.75) is 32.8 Å². The van der Waals surface area contributed by atoms with E-state index in [1.54, 1.807) is 33.2 Å². The summed E-state index contributed by atoms with van der Waals surface area (Å²) in [6, 6.07) is 3.61. The number of sulfonamides is 1. The first-order chi connectivity index (χ1) is 8.74. The Bertz CT molecular complexity index is 480. The third kappa shape index (κ3) is 5.67. The maximum atomic E-state index is 12.2. The third-order valence-electron chi connectivity index (χ3n) is 2.71. The normalized spacial score (nSPS) is 12.9. The smallest absolute Gasteiger partial charge is 0.214 e. The molecule has 0 aromatic carbocycles. The van der Waals surface area contributed by atoms with Gasteiger partial charge in [-0.05, 0) is 38.0 Å². The van der Waals surface area contributed by atoms with E-state index in [-0.39, 0.29) is 12.3 Å². The van der Waals surface area contributed by atoms with Crippen LogP contribution in [0, 0.1) is 0 Å². The SMILES string of the molecule is CCN(CC(C)(C)O)S(=O)(=O)CCc1ccncc1. The maximum absolute atomic E-state index is 12.2. The molecule has 0 bridgehead atoms. The summed E-state index contributed by atoms with van der Waals surface area (Å²) in [7, 11) is -3.35. The zero-order valence-electron chi connectivity index (χ0n) is 11.7. The Labute approximate surface area is 115 Å². The minimum Gasteiger partial charge on any atom is -0.389 e. The Morgan fingerprint density at radius 2 is 1.89 bits per heavy atom. The second-order valence-corrected chi connectivity index (χ2v) is 7.25. The van der Waals surface area contributed by atoms with E-state index in [9.17, 15) is 13.5 Å². The Kier molecular flexibility index (Phi) is 5.46. The monoisotopic (exact) mass is 286 g/mol. The molecule has 1 aromatic rings. The molecule has 0 amide bonds. The van der Waals surface area contributed by atoms with Gasteiger partial charge in [0.15, 0.2) is 0 Å². The fourth-order valence-corrected chi connectivity index (χ4v) is 3.42. The van der Waals surface area contributed by atoms with Crippen LogP contribution in [0.15, 0.2) is 24.5 Å². The standard InChI is InChI=1S/C13H22N2O3S/c1-4-15(11-13(2,3)16)19(17,18)10-7-12-5-8-14-9-6-12/h5-6,8-9,16H,4,7,10-11H2,1-3H3. The highest BCUT2D eigenvalue weighted by atomic mass is 32.2. The van der Waals surface area contributed by atoms with Gasteiger partial charge >= 0.3 is 0 Å². The predicted octanol–water partition coefficient (Wildman–Crippen LogP) is 1.05. The zero-order chi connectivity index (χ0) is 14.5. The van der Waals surface area contributed by atoms with Crippen LogP contribution in [0.5, 0.6) is 0 Å². The molecule has 1 aromatic heterocycles. The maximum Gasteiger partial charge on any atom is 0.214 e. The van der Waals surface area contributed by atoms with Crippen LogP contribution in [0.1, 0.15) is 26.3 Å². The van der Waals surface area contributed by atoms with Gasteiger partial charge in [-0.2, -0.15) is 4.31 Å². The van der Waals surface area contributed by atoms with Gasteiger partial charge in [0.05, 0.1) is 11.4 Å². The molecular weight excluding hydrogens is 264 g/mol. The molecule has 1 heterocycles. The molecule has 0 fully saturated rings. The molecule has 1 rings (SSSR count). The Morgan fingerprint density at radius 3 is 2.37 bits per heavy atom. The molecule has 1 N–H and O–H groups in total. The van der Waals surface area contributed by atoms with Crippen molar-refractivity contribution in [2.75, 3.05) is 18.8 Å². The first kappa shape index (κ1) is 16.1. The van der Waals surface area contributed by atoms with E-state index in [2.05, 4.69) is 4.98 Å². The minimum atomic E-state index is -3.35. The molecule has 0 atom stereocenters. The first-order valence-corrected chi connectivity index (χ1v) is 7.94. The van der Waals surface area contributed by atoms with Crippen molar-refractivity contribution in [1.29, 1.82) is 0 Å². The second-order valence-electron chi connectivity index (χ2n) is 5.16. The fraction of sp³-hybridized carbons (Fsp3) is 0.615. The van der Waals surface area contributed by atoms with Crippen molar-refractivity contribution in [1.82, 2.24) is 9.29 Å². The van der Waals surface area contributed by atoms with Crippen LogP contribution >= 0.6 is 0 Å². The van der Waals surface area contributed by atoms with Crippen LogP contribution < -0.4 is 0 Å². The molecule has 5 nitrogen and oxygen atoms in total. The van der Waals surface area contributed by atoms with Crippen molar-refractivity contribution in [3.63, 3.8) is 0 Å². The number of hydrogen-bond donors (Lipinski definition) is 1. The average Bonchev–Trinajstić information content (AvgIpc) is 2.34. The lowest BCUT2D eigenvalue weighted by Gasteiger charge is -2.27. The Morgan fingerprint density at radius 1 is 1.32 bits per heavy atom. The number of pyridine rings is 1. The van der Waals surface area contributed by atoms with Crippen molar-refractivity contribution in [3.8, 4) is 0 Å². The van der Waals surface area contributed by atoms with Gasteiger partial charge in [-0.15, -0.1) is 0 Å². The molecule has 0 spiro atoms. The Balaban J connectivity index is 2.68. The lowest BCUT2D eigenvalue weighted by atomic mass is 10.1. The summed E-state index contributed by atoms with van der Waals surface area (Å²) in [6.45, 7) is 5.46. The van der Waals surface area contributed by atoms with E-state index in [1.807, 2.05) is 12.1 Å². The minimum absolute atomic E-state index is 0.0426. The number of aryl methyl sites for hydroxylation is 1. The fourth-order valence-electron chi connectivity index (χ4n) is 1.76. The molecule has 0 saturated heterocycles. The van der Waals surface area contributed by atoms with E-state index in [0.717, 1.165) is 5.56 Å². The van der Waals surface area contributed by atoms with Crippen LogP contribution in [0.25, 0.3) is 0 Å². The van der Waals surface area contributed by atoms with E-state index >= 15 is 0 Å². The summed E-state index contributed by atoms with van der Waals surface area (Å²) in [5.41, 5.74) is -0.0855. The van der Waals surface area contributed by atoms with Crippen molar-refractivity contribution in [3.05, 3.63) is 30.1 Å². The van der Waals surface area contributed by atoms with E-state index in [1.165, 1.54) is 4.31 Å². The van der Waals surface area contributed by atoms with E-state index < -0.39 is 15.6 Å². The molecule has 0 aliphatic rings. The van der Waals surface area contributed by atoms with Crippen LogP contribution in [0.4, 0.5) is 0 Å². The second kappa shape index (κ2) is 6.45. The van der Waals surface area contributed by atoms with Gasteiger partial charge in [0.2, 0.25) is 10.0 Å². The molecule has 0 unspecified atom stereocenters. The molecule has 0 aliphatic heterocycles. The van der Waals surface area contributed by atoms with Gasteiger partial charge in [0.1, 0.15) is 0 Å². The average molecular weight is 286 g/mol. The van der Waals surface area contributed by atoms with Crippen molar-refractivity contribution in [2.24, 2.45) is 0 Å². The van der Waals surface area contributed by atoms with Gasteiger partial charge in [-0.1, -0.05) is 6.92 Å². The number of nitrogens with zero attached hydrogens (tertiary/aromatic N) is 2. The summed E-state index contributed by atoms with van der Waals surface area (Å²) in [6.07, 6.45) is 3.75. The number of hydrogen-bond acceptors (Lipinski definition) is 4. The van der Waals surface area contributed by atoms with Gasteiger partial charge in [-0.3, -0.25) is 4.98 Å². The van der Waals surface area contributed by atoms with E-state index in [0.29, 0.717) is 13.0 Å². The van der Waals surface area contributed by atoms with Gasteiger partial charge in [0, 0.05) is 25.5 Å². The van der Waals surface area contributed by atoms with Crippen LogP contribution in [-0.2, 0) is 16.4 Å². The first-order valence-electron chi connectivity index (χ1n) is 6.34. The van der Waals surface area contributed by atoms with E-state index in [4.69, 9.17) is 0 Å². The topological polar surface area (TPSA) is 70.5 Å². The highest BCUT2D eigenvalue weighted by Crippen LogP contribution is 2.11. The van der Waals surface area contributed by atoms with Crippen molar-refractivity contribution >= 4 is 10.0 Å². The Hall–Kier alpha value is -0.980. The lowest BCUT2D eigenvalue weighted by Crippen LogP contribution is -2.43. The van der Waals surface area contributed by atoms with Gasteiger partial charge in [-0.25, -0.2) is 8.42 Å². The molecule has 108 valence electrons. The summed E-state index contributed by atoms with van der Waals surface area (Å²) in [5, 5.41) is 9.75. The summed E-state index contributed by atoms with van der Waals surface area (Å²) in [4.78, 5) is 3.90. The molecular formula is C13H22N2O3S. The quantitative estimate of drug-likeness (QED) is 0.813. The lowest BCUT2D eigenvalue weighted by molar-refractivity contribution is 0.0601. The zero-order valence-corrected chi connectivity index (χ0v) is 12.5. The molecule has 0 radical (unpaired) electrons. The largest absolute Gasteiger partial charge is 0.389 e. The van der Waals surface area contributed by atoms with Crippen LogP contribution in [0.3, 0.4) is 0 Å². The number of rotatable bonds is 7. The number of aliphatic hydroxyl groups is 1. The van der Waals surface area contributed by atoms with Gasteiger partial charge in [0.25, 0.3) is 0 Å². The molecule has 6 heteroatoms. The van der Waals surface area contributed by atoms with Crippen molar-refractivity contribution < 1.29 is 13.5 Å².